The molecule has 1 aromatic heterocycles. The van der Waals surface area contributed by atoms with Crippen LogP contribution in [0.25, 0.3) is 11.0 Å². The number of carbonyl (C=O) groups excluding carboxylic acids is 2. The maximum absolute atomic E-state index is 12.4. The minimum Gasteiger partial charge on any atom is -0.465 e. The molecule has 0 saturated heterocycles. The Kier molecular flexibility index (Phi) is 6.54. The summed E-state index contributed by atoms with van der Waals surface area (Å²) in [6, 6.07) is 12.8. The Hall–Kier alpha value is -2.86. The van der Waals surface area contributed by atoms with Gasteiger partial charge in [0.2, 0.25) is 5.91 Å². The van der Waals surface area contributed by atoms with Gasteiger partial charge >= 0.3 is 5.97 Å². The van der Waals surface area contributed by atoms with Crippen LogP contribution >= 0.6 is 11.6 Å². The molecule has 0 aliphatic rings. The van der Waals surface area contributed by atoms with Crippen molar-refractivity contribution in [3.05, 3.63) is 64.4 Å². The fraction of sp³-hybridized carbons (Fsp3) is 0.318. The second-order valence-corrected chi connectivity index (χ2v) is 7.75. The van der Waals surface area contributed by atoms with E-state index in [0.29, 0.717) is 40.9 Å². The number of benzene rings is 2. The molecule has 0 unspecified atom stereocenters. The molecule has 6 nitrogen and oxygen atoms in total. The molecule has 152 valence electrons. The zero-order valence-electron chi connectivity index (χ0n) is 16.7. The van der Waals surface area contributed by atoms with E-state index in [1.165, 1.54) is 7.11 Å². The summed E-state index contributed by atoms with van der Waals surface area (Å²) in [6.07, 6.45) is 0.155. The van der Waals surface area contributed by atoms with Crippen molar-refractivity contribution in [2.24, 2.45) is 5.92 Å². The lowest BCUT2D eigenvalue weighted by molar-refractivity contribution is -0.120. The van der Waals surface area contributed by atoms with Crippen LogP contribution in [0, 0.1) is 5.92 Å². The number of nitrogens with one attached hydrogen (secondary N) is 1. The first-order valence-corrected chi connectivity index (χ1v) is 9.83. The highest BCUT2D eigenvalue weighted by molar-refractivity contribution is 6.30. The monoisotopic (exact) mass is 413 g/mol. The molecular formula is C22H24ClN3O3. The third kappa shape index (κ3) is 5.15. The summed E-state index contributed by atoms with van der Waals surface area (Å²) in [7, 11) is 1.34. The fourth-order valence-corrected chi connectivity index (χ4v) is 3.16. The van der Waals surface area contributed by atoms with Gasteiger partial charge in [-0.2, -0.15) is 0 Å². The van der Waals surface area contributed by atoms with Crippen molar-refractivity contribution >= 4 is 34.5 Å². The average molecular weight is 414 g/mol. The van der Waals surface area contributed by atoms with Gasteiger partial charge < -0.3 is 14.6 Å². The molecule has 0 atom stereocenters. The summed E-state index contributed by atoms with van der Waals surface area (Å²) in [4.78, 5) is 28.9. The molecule has 0 saturated carbocycles. The highest BCUT2D eigenvalue weighted by Crippen LogP contribution is 2.21. The summed E-state index contributed by atoms with van der Waals surface area (Å²) in [5.74, 6) is 0.502. The van der Waals surface area contributed by atoms with E-state index in [4.69, 9.17) is 16.3 Å². The first kappa shape index (κ1) is 20.9. The van der Waals surface area contributed by atoms with Crippen LogP contribution in [0.15, 0.2) is 42.5 Å². The number of halogens is 1. The van der Waals surface area contributed by atoms with Gasteiger partial charge in [0.05, 0.1) is 30.1 Å². The highest BCUT2D eigenvalue weighted by atomic mass is 35.5. The first-order valence-electron chi connectivity index (χ1n) is 9.46. The standard InChI is InChI=1S/C22H24ClN3O3/c1-14(2)12-24-21(27)11-20-25-18-10-16(22(28)29-3)6-9-19(18)26(20)13-15-4-7-17(23)8-5-15/h4-10,14H,11-13H2,1-3H3,(H,24,27). The molecule has 0 bridgehead atoms. The van der Waals surface area contributed by atoms with E-state index >= 15 is 0 Å². The van der Waals surface area contributed by atoms with Gasteiger partial charge in [0.1, 0.15) is 5.82 Å². The number of carbonyl (C=O) groups is 2. The summed E-state index contributed by atoms with van der Waals surface area (Å²) >= 11 is 5.99. The minimum absolute atomic E-state index is 0.0837. The minimum atomic E-state index is -0.421. The van der Waals surface area contributed by atoms with E-state index in [1.54, 1.807) is 12.1 Å². The summed E-state index contributed by atoms with van der Waals surface area (Å²) in [6.45, 7) is 5.25. The van der Waals surface area contributed by atoms with Crippen molar-refractivity contribution in [3.8, 4) is 0 Å². The smallest absolute Gasteiger partial charge is 0.337 e. The van der Waals surface area contributed by atoms with E-state index in [0.717, 1.165) is 11.1 Å². The predicted molar refractivity (Wildman–Crippen MR) is 113 cm³/mol. The van der Waals surface area contributed by atoms with Gasteiger partial charge in [-0.1, -0.05) is 37.6 Å². The Morgan fingerprint density at radius 3 is 2.55 bits per heavy atom. The molecule has 1 N–H and O–H groups in total. The molecule has 3 aromatic rings. The molecule has 3 rings (SSSR count). The van der Waals surface area contributed by atoms with Crippen molar-refractivity contribution in [1.29, 1.82) is 0 Å². The average Bonchev–Trinajstić information content (AvgIpc) is 3.03. The number of ether oxygens (including phenoxy) is 1. The van der Waals surface area contributed by atoms with Crippen molar-refractivity contribution in [3.63, 3.8) is 0 Å². The van der Waals surface area contributed by atoms with Gasteiger partial charge in [-0.05, 0) is 41.8 Å². The quantitative estimate of drug-likeness (QED) is 0.597. The van der Waals surface area contributed by atoms with Gasteiger partial charge in [-0.3, -0.25) is 4.79 Å². The molecule has 0 aliphatic carbocycles. The van der Waals surface area contributed by atoms with Crippen LogP contribution in [-0.2, 0) is 22.5 Å². The highest BCUT2D eigenvalue weighted by Gasteiger charge is 2.17. The Labute approximate surface area is 174 Å². The number of methoxy groups -OCH3 is 1. The van der Waals surface area contributed by atoms with Crippen molar-refractivity contribution in [2.45, 2.75) is 26.8 Å². The molecule has 1 heterocycles. The third-order valence-electron chi connectivity index (χ3n) is 4.53. The number of imidazole rings is 1. The molecule has 0 fully saturated rings. The van der Waals surface area contributed by atoms with Crippen LogP contribution in [0.2, 0.25) is 5.02 Å². The molecule has 0 radical (unpaired) electrons. The Morgan fingerprint density at radius 1 is 1.17 bits per heavy atom. The number of fused-ring (bicyclic) bond motifs is 1. The topological polar surface area (TPSA) is 73.2 Å². The number of esters is 1. The maximum Gasteiger partial charge on any atom is 0.337 e. The second-order valence-electron chi connectivity index (χ2n) is 7.31. The predicted octanol–water partition coefficient (Wildman–Crippen LogP) is 3.84. The van der Waals surface area contributed by atoms with Crippen LogP contribution in [0.4, 0.5) is 0 Å². The van der Waals surface area contributed by atoms with Crippen molar-refractivity contribution in [1.82, 2.24) is 14.9 Å². The van der Waals surface area contributed by atoms with Gasteiger partial charge in [0, 0.05) is 18.1 Å². The Morgan fingerprint density at radius 2 is 1.90 bits per heavy atom. The van der Waals surface area contributed by atoms with Gasteiger partial charge in [-0.15, -0.1) is 0 Å². The summed E-state index contributed by atoms with van der Waals surface area (Å²) in [5, 5.41) is 3.60. The van der Waals surface area contributed by atoms with Crippen molar-refractivity contribution < 1.29 is 14.3 Å². The maximum atomic E-state index is 12.4. The zero-order chi connectivity index (χ0) is 21.0. The number of aromatic nitrogens is 2. The molecule has 7 heteroatoms. The lowest BCUT2D eigenvalue weighted by atomic mass is 10.2. The lowest BCUT2D eigenvalue weighted by Crippen LogP contribution is -2.29. The van der Waals surface area contributed by atoms with Crippen LogP contribution in [0.1, 0.15) is 35.6 Å². The SMILES string of the molecule is COC(=O)c1ccc2c(c1)nc(CC(=O)NCC(C)C)n2Cc1ccc(Cl)cc1. The molecular weight excluding hydrogens is 390 g/mol. The summed E-state index contributed by atoms with van der Waals surface area (Å²) < 4.78 is 6.79. The van der Waals surface area contributed by atoms with E-state index in [-0.39, 0.29) is 12.3 Å². The van der Waals surface area contributed by atoms with Gasteiger partial charge in [-0.25, -0.2) is 9.78 Å². The lowest BCUT2D eigenvalue weighted by Gasteiger charge is -2.11. The van der Waals surface area contributed by atoms with Crippen LogP contribution in [0.3, 0.4) is 0 Å². The van der Waals surface area contributed by atoms with Gasteiger partial charge in [0.15, 0.2) is 0 Å². The number of hydrogen-bond donors (Lipinski definition) is 1. The number of amides is 1. The fourth-order valence-electron chi connectivity index (χ4n) is 3.03. The zero-order valence-corrected chi connectivity index (χ0v) is 17.5. The van der Waals surface area contributed by atoms with E-state index in [9.17, 15) is 9.59 Å². The molecule has 0 spiro atoms. The Balaban J connectivity index is 1.97. The molecule has 1 amide bonds. The summed E-state index contributed by atoms with van der Waals surface area (Å²) in [5.41, 5.74) is 2.95. The van der Waals surface area contributed by atoms with Crippen molar-refractivity contribution in [2.75, 3.05) is 13.7 Å². The van der Waals surface area contributed by atoms with Crippen LogP contribution < -0.4 is 5.32 Å². The number of nitrogens with zero attached hydrogens (tertiary/aromatic N) is 2. The van der Waals surface area contributed by atoms with E-state index < -0.39 is 5.97 Å². The number of hydrogen-bond acceptors (Lipinski definition) is 4. The normalized spacial score (nSPS) is 11.1. The largest absolute Gasteiger partial charge is 0.465 e. The number of rotatable bonds is 7. The Bertz CT molecular complexity index is 1030. The van der Waals surface area contributed by atoms with Crippen LogP contribution in [0.5, 0.6) is 0 Å². The first-order chi connectivity index (χ1) is 13.9. The third-order valence-corrected chi connectivity index (χ3v) is 4.78. The molecule has 2 aromatic carbocycles. The van der Waals surface area contributed by atoms with E-state index in [1.807, 2.05) is 48.7 Å². The molecule has 29 heavy (non-hydrogen) atoms. The van der Waals surface area contributed by atoms with Crippen LogP contribution in [-0.4, -0.2) is 35.1 Å². The second kappa shape index (κ2) is 9.09. The van der Waals surface area contributed by atoms with E-state index in [2.05, 4.69) is 10.3 Å². The molecule has 0 aliphatic heterocycles. The van der Waals surface area contributed by atoms with Gasteiger partial charge in [0.25, 0.3) is 0 Å².